The molecule has 20 heavy (non-hydrogen) atoms. The van der Waals surface area contributed by atoms with Gasteiger partial charge < -0.3 is 15.7 Å². The number of nitrogens with two attached hydrogens (primary N) is 1. The second-order valence-corrected chi connectivity index (χ2v) is 5.11. The second kappa shape index (κ2) is 5.46. The van der Waals surface area contributed by atoms with Gasteiger partial charge >= 0.3 is 0 Å². The van der Waals surface area contributed by atoms with Crippen molar-refractivity contribution >= 4 is 17.3 Å². The lowest BCUT2D eigenvalue weighted by Crippen LogP contribution is -2.46. The first kappa shape index (κ1) is 14.3. The molecule has 1 aliphatic heterocycles. The Bertz CT molecular complexity index is 546. The van der Waals surface area contributed by atoms with Gasteiger partial charge in [-0.25, -0.2) is 0 Å². The number of nitro benzene ring substituents is 1. The number of non-ortho nitro benzene ring substituents is 1. The number of rotatable bonds is 2. The van der Waals surface area contributed by atoms with E-state index in [2.05, 4.69) is 0 Å². The lowest BCUT2D eigenvalue weighted by atomic mass is 9.95. The molecule has 1 saturated heterocycles. The normalized spacial score (nSPS) is 22.6. The number of β-amino-alcohol motifs (C(OH)–C–C–N with tert-alkyl or cyclic N) is 1. The Morgan fingerprint density at radius 3 is 2.85 bits per heavy atom. The minimum atomic E-state index is -0.576. The van der Waals surface area contributed by atoms with Crippen LogP contribution in [-0.4, -0.2) is 40.0 Å². The van der Waals surface area contributed by atoms with Gasteiger partial charge in [-0.2, -0.15) is 0 Å². The fourth-order valence-corrected chi connectivity index (χ4v) is 2.25. The summed E-state index contributed by atoms with van der Waals surface area (Å²) in [5, 5.41) is 20.6. The van der Waals surface area contributed by atoms with Gasteiger partial charge in [-0.3, -0.25) is 14.9 Å². The summed E-state index contributed by atoms with van der Waals surface area (Å²) in [7, 11) is 0. The van der Waals surface area contributed by atoms with E-state index in [1.54, 1.807) is 0 Å². The molecule has 1 aromatic carbocycles. The quantitative estimate of drug-likeness (QED) is 0.477. The van der Waals surface area contributed by atoms with Crippen molar-refractivity contribution in [2.45, 2.75) is 19.4 Å². The molecule has 0 radical (unpaired) electrons. The van der Waals surface area contributed by atoms with Gasteiger partial charge in [-0.05, 0) is 18.4 Å². The number of carbonyl (C=O) groups excluding carboxylic acids is 1. The van der Waals surface area contributed by atoms with Crippen LogP contribution in [0.5, 0.6) is 0 Å². The van der Waals surface area contributed by atoms with Crippen molar-refractivity contribution in [3.05, 3.63) is 33.9 Å². The summed E-state index contributed by atoms with van der Waals surface area (Å²) < 4.78 is 0. The molecule has 2 rings (SSSR count). The van der Waals surface area contributed by atoms with Crippen LogP contribution in [0.4, 0.5) is 11.4 Å². The summed E-state index contributed by atoms with van der Waals surface area (Å²) in [4.78, 5) is 24.0. The number of anilines is 1. The van der Waals surface area contributed by atoms with Crippen LogP contribution < -0.4 is 5.73 Å². The number of aliphatic hydroxyl groups is 1. The SMILES string of the molecule is C[C@@H]1CCN(C(=O)c2cc([N+](=O)[O-])ccc2N)C[C@H]1O. The maximum absolute atomic E-state index is 12.4. The summed E-state index contributed by atoms with van der Waals surface area (Å²) in [6.45, 7) is 2.66. The molecule has 0 spiro atoms. The Labute approximate surface area is 116 Å². The van der Waals surface area contributed by atoms with Gasteiger partial charge in [0, 0.05) is 30.9 Å². The summed E-state index contributed by atoms with van der Waals surface area (Å²) in [5.41, 5.74) is 5.87. The van der Waals surface area contributed by atoms with Crippen molar-refractivity contribution in [2.75, 3.05) is 18.8 Å². The number of amides is 1. The molecule has 7 heteroatoms. The first-order chi connectivity index (χ1) is 9.40. The topological polar surface area (TPSA) is 110 Å². The summed E-state index contributed by atoms with van der Waals surface area (Å²) in [6, 6.07) is 3.80. The second-order valence-electron chi connectivity index (χ2n) is 5.11. The zero-order valence-electron chi connectivity index (χ0n) is 11.2. The zero-order valence-corrected chi connectivity index (χ0v) is 11.2. The maximum Gasteiger partial charge on any atom is 0.270 e. The van der Waals surface area contributed by atoms with Gasteiger partial charge in [0.1, 0.15) is 0 Å². The molecule has 1 heterocycles. The van der Waals surface area contributed by atoms with E-state index in [-0.39, 0.29) is 35.3 Å². The van der Waals surface area contributed by atoms with E-state index in [1.165, 1.54) is 23.1 Å². The van der Waals surface area contributed by atoms with Gasteiger partial charge in [0.25, 0.3) is 11.6 Å². The minimum Gasteiger partial charge on any atom is -0.398 e. The number of nitrogen functional groups attached to an aromatic ring is 1. The lowest BCUT2D eigenvalue weighted by Gasteiger charge is -2.34. The summed E-state index contributed by atoms with van der Waals surface area (Å²) >= 11 is 0. The third-order valence-corrected chi connectivity index (χ3v) is 3.68. The van der Waals surface area contributed by atoms with Crippen LogP contribution in [0, 0.1) is 16.0 Å². The van der Waals surface area contributed by atoms with Crippen molar-refractivity contribution in [2.24, 2.45) is 5.92 Å². The number of hydrogen-bond acceptors (Lipinski definition) is 5. The molecule has 108 valence electrons. The highest BCUT2D eigenvalue weighted by Crippen LogP contribution is 2.24. The first-order valence-corrected chi connectivity index (χ1v) is 6.41. The molecular formula is C13H17N3O4. The molecular weight excluding hydrogens is 262 g/mol. The fraction of sp³-hybridized carbons (Fsp3) is 0.462. The van der Waals surface area contributed by atoms with E-state index in [0.717, 1.165) is 0 Å². The number of piperidine rings is 1. The summed E-state index contributed by atoms with van der Waals surface area (Å²) in [6.07, 6.45) is 0.120. The van der Waals surface area contributed by atoms with Crippen LogP contribution in [0.3, 0.4) is 0 Å². The van der Waals surface area contributed by atoms with E-state index in [4.69, 9.17) is 5.73 Å². The molecule has 0 unspecified atom stereocenters. The van der Waals surface area contributed by atoms with Gasteiger partial charge in [-0.1, -0.05) is 6.92 Å². The third-order valence-electron chi connectivity index (χ3n) is 3.68. The smallest absolute Gasteiger partial charge is 0.270 e. The third kappa shape index (κ3) is 2.72. The molecule has 1 amide bonds. The van der Waals surface area contributed by atoms with Crippen LogP contribution in [-0.2, 0) is 0 Å². The van der Waals surface area contributed by atoms with Crippen LogP contribution >= 0.6 is 0 Å². The highest BCUT2D eigenvalue weighted by molar-refractivity contribution is 5.99. The number of hydrogen-bond donors (Lipinski definition) is 2. The van der Waals surface area contributed by atoms with Crippen molar-refractivity contribution in [1.82, 2.24) is 4.90 Å². The van der Waals surface area contributed by atoms with Gasteiger partial charge in [0.2, 0.25) is 0 Å². The molecule has 2 atom stereocenters. The monoisotopic (exact) mass is 279 g/mol. The molecule has 1 fully saturated rings. The van der Waals surface area contributed by atoms with Crippen LogP contribution in [0.2, 0.25) is 0 Å². The predicted octanol–water partition coefficient (Wildman–Crippen LogP) is 1.02. The predicted molar refractivity (Wildman–Crippen MR) is 73.2 cm³/mol. The van der Waals surface area contributed by atoms with Crippen molar-refractivity contribution < 1.29 is 14.8 Å². The number of likely N-dealkylation sites (tertiary alicyclic amines) is 1. The Hall–Kier alpha value is -2.15. The van der Waals surface area contributed by atoms with Gasteiger partial charge in [-0.15, -0.1) is 0 Å². The molecule has 1 aromatic rings. The van der Waals surface area contributed by atoms with Crippen molar-refractivity contribution in [3.8, 4) is 0 Å². The number of nitrogens with zero attached hydrogens (tertiary/aromatic N) is 2. The summed E-state index contributed by atoms with van der Waals surface area (Å²) in [5.74, 6) is -0.237. The van der Waals surface area contributed by atoms with E-state index in [9.17, 15) is 20.0 Å². The molecule has 0 saturated carbocycles. The fourth-order valence-electron chi connectivity index (χ4n) is 2.25. The average molecular weight is 279 g/mol. The van der Waals surface area contributed by atoms with E-state index in [1.807, 2.05) is 6.92 Å². The lowest BCUT2D eigenvalue weighted by molar-refractivity contribution is -0.384. The molecule has 0 aliphatic carbocycles. The number of carbonyl (C=O) groups is 1. The molecule has 1 aliphatic rings. The van der Waals surface area contributed by atoms with E-state index >= 15 is 0 Å². The zero-order chi connectivity index (χ0) is 14.9. The van der Waals surface area contributed by atoms with Crippen LogP contribution in [0.25, 0.3) is 0 Å². The van der Waals surface area contributed by atoms with E-state index in [0.29, 0.717) is 13.0 Å². The van der Waals surface area contributed by atoms with E-state index < -0.39 is 11.0 Å². The Morgan fingerprint density at radius 1 is 1.55 bits per heavy atom. The van der Waals surface area contributed by atoms with Crippen LogP contribution in [0.1, 0.15) is 23.7 Å². The van der Waals surface area contributed by atoms with Crippen LogP contribution in [0.15, 0.2) is 18.2 Å². The van der Waals surface area contributed by atoms with Gasteiger partial charge in [0.05, 0.1) is 16.6 Å². The number of benzene rings is 1. The molecule has 0 aromatic heterocycles. The van der Waals surface area contributed by atoms with Crippen molar-refractivity contribution in [1.29, 1.82) is 0 Å². The molecule has 3 N–H and O–H groups in total. The maximum atomic E-state index is 12.4. The highest BCUT2D eigenvalue weighted by atomic mass is 16.6. The average Bonchev–Trinajstić information content (AvgIpc) is 2.41. The number of nitro groups is 1. The Kier molecular flexibility index (Phi) is 3.89. The first-order valence-electron chi connectivity index (χ1n) is 6.41. The largest absolute Gasteiger partial charge is 0.398 e. The molecule has 0 bridgehead atoms. The molecule has 7 nitrogen and oxygen atoms in total. The van der Waals surface area contributed by atoms with Crippen molar-refractivity contribution in [3.63, 3.8) is 0 Å². The minimum absolute atomic E-state index is 0.112. The number of aliphatic hydroxyl groups excluding tert-OH is 1. The Balaban J connectivity index is 2.25. The standard InChI is InChI=1S/C13H17N3O4/c1-8-4-5-15(7-12(8)17)13(18)10-6-9(16(19)20)2-3-11(10)14/h2-3,6,8,12,17H,4-5,7,14H2,1H3/t8-,12-/m1/s1. The highest BCUT2D eigenvalue weighted by Gasteiger charge is 2.29. The Morgan fingerprint density at radius 2 is 2.25 bits per heavy atom. The van der Waals surface area contributed by atoms with Gasteiger partial charge in [0.15, 0.2) is 0 Å².